The second-order valence-corrected chi connectivity index (χ2v) is 7.94. The first kappa shape index (κ1) is 17.4. The van der Waals surface area contributed by atoms with Crippen molar-refractivity contribution in [2.75, 3.05) is 24.6 Å². The van der Waals surface area contributed by atoms with E-state index in [2.05, 4.69) is 36.9 Å². The topological polar surface area (TPSA) is 43.8 Å². The number of anilines is 1. The van der Waals surface area contributed by atoms with Gasteiger partial charge < -0.3 is 10.0 Å². The number of hydrogen-bond acceptors (Lipinski definition) is 3. The van der Waals surface area contributed by atoms with Crippen LogP contribution in [0.4, 0.5) is 5.69 Å². The minimum absolute atomic E-state index is 0.0851. The molecule has 0 aliphatic carbocycles. The van der Waals surface area contributed by atoms with Crippen LogP contribution in [0.1, 0.15) is 45.6 Å². The minimum Gasteiger partial charge on any atom is -0.396 e. The summed E-state index contributed by atoms with van der Waals surface area (Å²) in [6, 6.07) is 8.37. The number of amides is 1. The maximum Gasteiger partial charge on any atom is 0.244 e. The normalized spacial score (nSPS) is 29.2. The fraction of sp³-hybridized carbons (Fsp3) is 0.650. The van der Waals surface area contributed by atoms with Gasteiger partial charge in [-0.05, 0) is 57.7 Å². The predicted molar refractivity (Wildman–Crippen MR) is 97.2 cm³/mol. The van der Waals surface area contributed by atoms with Crippen molar-refractivity contribution in [2.24, 2.45) is 5.41 Å². The highest BCUT2D eigenvalue weighted by Gasteiger charge is 2.37. The molecule has 24 heavy (non-hydrogen) atoms. The van der Waals surface area contributed by atoms with Gasteiger partial charge in [-0.1, -0.05) is 25.1 Å². The van der Waals surface area contributed by atoms with Gasteiger partial charge in [-0.25, -0.2) is 0 Å². The summed E-state index contributed by atoms with van der Waals surface area (Å²) in [6.45, 7) is 8.21. The molecule has 1 aromatic carbocycles. The van der Waals surface area contributed by atoms with E-state index < -0.39 is 0 Å². The quantitative estimate of drug-likeness (QED) is 0.927. The van der Waals surface area contributed by atoms with E-state index in [0.717, 1.165) is 44.5 Å². The fourth-order valence-corrected chi connectivity index (χ4v) is 4.20. The molecule has 132 valence electrons. The molecule has 1 fully saturated rings. The number of aliphatic hydroxyl groups excluding tert-OH is 1. The van der Waals surface area contributed by atoms with Gasteiger partial charge in [0.2, 0.25) is 5.91 Å². The van der Waals surface area contributed by atoms with Crippen LogP contribution in [0.25, 0.3) is 0 Å². The van der Waals surface area contributed by atoms with Gasteiger partial charge in [0.05, 0.1) is 6.04 Å². The molecule has 2 heterocycles. The summed E-state index contributed by atoms with van der Waals surface area (Å²) in [7, 11) is 0. The third-order valence-electron chi connectivity index (χ3n) is 5.86. The van der Waals surface area contributed by atoms with E-state index in [-0.39, 0.29) is 30.0 Å². The van der Waals surface area contributed by atoms with Crippen molar-refractivity contribution in [3.05, 3.63) is 29.8 Å². The molecule has 1 aromatic rings. The molecule has 1 saturated heterocycles. The van der Waals surface area contributed by atoms with E-state index in [0.29, 0.717) is 0 Å². The summed E-state index contributed by atoms with van der Waals surface area (Å²) < 4.78 is 0. The number of aryl methyl sites for hydroxylation is 1. The predicted octanol–water partition coefficient (Wildman–Crippen LogP) is 2.84. The maximum absolute atomic E-state index is 13.3. The Morgan fingerprint density at radius 1 is 1.42 bits per heavy atom. The zero-order chi connectivity index (χ0) is 17.3. The van der Waals surface area contributed by atoms with Crippen LogP contribution in [0.5, 0.6) is 0 Å². The van der Waals surface area contributed by atoms with Crippen LogP contribution in [-0.4, -0.2) is 47.7 Å². The molecular weight excluding hydrogens is 300 g/mol. The maximum atomic E-state index is 13.3. The molecule has 0 bridgehead atoms. The number of likely N-dealkylation sites (tertiary alicyclic amines) is 1. The highest BCUT2D eigenvalue weighted by atomic mass is 16.3. The lowest BCUT2D eigenvalue weighted by molar-refractivity contribution is -0.125. The lowest BCUT2D eigenvalue weighted by atomic mass is 9.82. The molecule has 3 unspecified atom stereocenters. The standard InChI is InChI=1S/C20H30N2O2/c1-15-9-10-17-7-4-5-8-18(17)22(15)19(24)16(2)21-12-6-11-20(3,13-21)14-23/h4-5,7-8,15-16,23H,6,9-14H2,1-3H3. The summed E-state index contributed by atoms with van der Waals surface area (Å²) in [6.07, 6.45) is 4.14. The zero-order valence-electron chi connectivity index (χ0n) is 15.2. The van der Waals surface area contributed by atoms with E-state index in [1.54, 1.807) is 0 Å². The van der Waals surface area contributed by atoms with Crippen LogP contribution in [0.2, 0.25) is 0 Å². The molecule has 2 aliphatic rings. The Hall–Kier alpha value is -1.39. The first-order valence-corrected chi connectivity index (χ1v) is 9.21. The summed E-state index contributed by atoms with van der Waals surface area (Å²) in [4.78, 5) is 17.6. The highest BCUT2D eigenvalue weighted by molar-refractivity contribution is 5.98. The van der Waals surface area contributed by atoms with Gasteiger partial charge in [-0.3, -0.25) is 9.69 Å². The number of nitrogens with zero attached hydrogens (tertiary/aromatic N) is 2. The van der Waals surface area contributed by atoms with Gasteiger partial charge in [0.15, 0.2) is 0 Å². The second kappa shape index (κ2) is 6.85. The van der Waals surface area contributed by atoms with E-state index >= 15 is 0 Å². The van der Waals surface area contributed by atoms with Crippen molar-refractivity contribution < 1.29 is 9.90 Å². The SMILES string of the molecule is CC(C(=O)N1c2ccccc2CCC1C)N1CCCC(C)(CO)C1. The summed E-state index contributed by atoms with van der Waals surface area (Å²) in [5.74, 6) is 0.192. The number of fused-ring (bicyclic) bond motifs is 1. The van der Waals surface area contributed by atoms with Crippen LogP contribution in [0.15, 0.2) is 24.3 Å². The smallest absolute Gasteiger partial charge is 0.244 e. The first-order chi connectivity index (χ1) is 11.4. The minimum atomic E-state index is -0.148. The van der Waals surface area contributed by atoms with Gasteiger partial charge in [0.25, 0.3) is 0 Å². The van der Waals surface area contributed by atoms with Crippen LogP contribution >= 0.6 is 0 Å². The molecule has 0 saturated carbocycles. The van der Waals surface area contributed by atoms with Crippen LogP contribution < -0.4 is 4.90 Å². The molecule has 0 radical (unpaired) electrons. The van der Waals surface area contributed by atoms with Crippen molar-refractivity contribution in [2.45, 2.75) is 58.5 Å². The van der Waals surface area contributed by atoms with Crippen molar-refractivity contribution in [3.63, 3.8) is 0 Å². The monoisotopic (exact) mass is 330 g/mol. The van der Waals surface area contributed by atoms with Crippen molar-refractivity contribution in [1.82, 2.24) is 4.90 Å². The Labute approximate surface area is 145 Å². The molecule has 4 heteroatoms. The van der Waals surface area contributed by atoms with Crippen molar-refractivity contribution in [1.29, 1.82) is 0 Å². The number of aliphatic hydroxyl groups is 1. The molecule has 3 rings (SSSR count). The van der Waals surface area contributed by atoms with Crippen molar-refractivity contribution >= 4 is 11.6 Å². The van der Waals surface area contributed by atoms with Crippen LogP contribution in [0.3, 0.4) is 0 Å². The lowest BCUT2D eigenvalue weighted by Crippen LogP contribution is -2.55. The number of benzene rings is 1. The molecule has 1 N–H and O–H groups in total. The van der Waals surface area contributed by atoms with Gasteiger partial charge in [-0.15, -0.1) is 0 Å². The number of carbonyl (C=O) groups is 1. The van der Waals surface area contributed by atoms with E-state index in [1.165, 1.54) is 5.56 Å². The largest absolute Gasteiger partial charge is 0.396 e. The molecule has 0 aromatic heterocycles. The average Bonchev–Trinajstić information content (AvgIpc) is 2.60. The Kier molecular flexibility index (Phi) is 4.97. The lowest BCUT2D eigenvalue weighted by Gasteiger charge is -2.44. The van der Waals surface area contributed by atoms with Crippen LogP contribution in [-0.2, 0) is 11.2 Å². The van der Waals surface area contributed by atoms with E-state index in [9.17, 15) is 9.90 Å². The third kappa shape index (κ3) is 3.22. The van der Waals surface area contributed by atoms with Gasteiger partial charge in [0.1, 0.15) is 0 Å². The number of para-hydroxylation sites is 1. The number of carbonyl (C=O) groups excluding carboxylic acids is 1. The molecule has 3 atom stereocenters. The summed E-state index contributed by atoms with van der Waals surface area (Å²) in [5.41, 5.74) is 2.27. The Morgan fingerprint density at radius 3 is 2.92 bits per heavy atom. The molecule has 4 nitrogen and oxygen atoms in total. The Balaban J connectivity index is 1.81. The zero-order valence-corrected chi connectivity index (χ0v) is 15.2. The van der Waals surface area contributed by atoms with E-state index in [1.807, 2.05) is 17.9 Å². The fourth-order valence-electron chi connectivity index (χ4n) is 4.20. The molecular formula is C20H30N2O2. The number of hydrogen-bond donors (Lipinski definition) is 1. The van der Waals surface area contributed by atoms with Gasteiger partial charge >= 0.3 is 0 Å². The van der Waals surface area contributed by atoms with Gasteiger partial charge in [-0.2, -0.15) is 0 Å². The summed E-state index contributed by atoms with van der Waals surface area (Å²) >= 11 is 0. The Bertz CT molecular complexity index is 603. The molecule has 1 amide bonds. The number of piperidine rings is 1. The molecule has 2 aliphatic heterocycles. The highest BCUT2D eigenvalue weighted by Crippen LogP contribution is 2.33. The van der Waals surface area contributed by atoms with Crippen molar-refractivity contribution in [3.8, 4) is 0 Å². The summed E-state index contributed by atoms with van der Waals surface area (Å²) in [5, 5.41) is 9.69. The first-order valence-electron chi connectivity index (χ1n) is 9.21. The molecule has 0 spiro atoms. The van der Waals surface area contributed by atoms with Crippen LogP contribution in [0, 0.1) is 5.41 Å². The van der Waals surface area contributed by atoms with Gasteiger partial charge in [0, 0.05) is 30.3 Å². The Morgan fingerprint density at radius 2 is 2.17 bits per heavy atom. The third-order valence-corrected chi connectivity index (χ3v) is 5.86. The second-order valence-electron chi connectivity index (χ2n) is 7.94. The average molecular weight is 330 g/mol. The number of rotatable bonds is 3. The van der Waals surface area contributed by atoms with E-state index in [4.69, 9.17) is 0 Å².